The summed E-state index contributed by atoms with van der Waals surface area (Å²) in [6.07, 6.45) is 1.35. The molecule has 3 heteroatoms. The van der Waals surface area contributed by atoms with Crippen molar-refractivity contribution in [2.24, 2.45) is 0 Å². The quantitative estimate of drug-likeness (QED) is 0.880. The van der Waals surface area contributed by atoms with E-state index >= 15 is 0 Å². The molecule has 1 N–H and O–H groups in total. The van der Waals surface area contributed by atoms with Gasteiger partial charge in [0.15, 0.2) is 0 Å². The fraction of sp³-hybridized carbons (Fsp3) is 0.357. The van der Waals surface area contributed by atoms with Crippen molar-refractivity contribution in [2.75, 3.05) is 6.61 Å². The third-order valence-electron chi connectivity index (χ3n) is 2.75. The van der Waals surface area contributed by atoms with Crippen molar-refractivity contribution in [3.63, 3.8) is 0 Å². The van der Waals surface area contributed by atoms with Crippen LogP contribution in [-0.4, -0.2) is 16.7 Å². The van der Waals surface area contributed by atoms with Crippen LogP contribution in [0.3, 0.4) is 0 Å². The predicted octanol–water partition coefficient (Wildman–Crippen LogP) is 2.75. The Morgan fingerprint density at radius 1 is 1.24 bits per heavy atom. The molecule has 0 saturated carbocycles. The molecule has 0 saturated heterocycles. The molecule has 1 aromatic carbocycles. The number of benzene rings is 1. The van der Waals surface area contributed by atoms with Crippen LogP contribution < -0.4 is 0 Å². The first-order valence-electron chi connectivity index (χ1n) is 5.91. The lowest BCUT2D eigenvalue weighted by Crippen LogP contribution is -1.94. The van der Waals surface area contributed by atoms with E-state index in [1.165, 1.54) is 5.56 Å². The first kappa shape index (κ1) is 11.9. The predicted molar refractivity (Wildman–Crippen MR) is 66.8 cm³/mol. The third kappa shape index (κ3) is 2.56. The molecule has 90 valence electrons. The van der Waals surface area contributed by atoms with Gasteiger partial charge in [-0.3, -0.25) is 0 Å². The highest BCUT2D eigenvalue weighted by Gasteiger charge is 2.12. The summed E-state index contributed by atoms with van der Waals surface area (Å²) in [5.74, 6) is 1.51. The van der Waals surface area contributed by atoms with E-state index in [0.29, 0.717) is 12.3 Å². The lowest BCUT2D eigenvalue weighted by Gasteiger charge is -1.95. The van der Waals surface area contributed by atoms with Crippen LogP contribution in [0.2, 0.25) is 0 Å². The van der Waals surface area contributed by atoms with Crippen molar-refractivity contribution in [1.82, 2.24) is 4.98 Å². The van der Waals surface area contributed by atoms with Crippen molar-refractivity contribution < 1.29 is 9.52 Å². The number of hydrogen-bond acceptors (Lipinski definition) is 3. The Labute approximate surface area is 101 Å². The van der Waals surface area contributed by atoms with Crippen LogP contribution >= 0.6 is 0 Å². The van der Waals surface area contributed by atoms with E-state index in [2.05, 4.69) is 4.98 Å². The van der Waals surface area contributed by atoms with Gasteiger partial charge in [-0.15, -0.1) is 0 Å². The number of aliphatic hydroxyl groups excluding tert-OH is 1. The Bertz CT molecular complexity index is 485. The Kier molecular flexibility index (Phi) is 3.59. The van der Waals surface area contributed by atoms with E-state index in [1.807, 2.05) is 38.1 Å². The van der Waals surface area contributed by atoms with Crippen molar-refractivity contribution in [3.8, 4) is 11.5 Å². The van der Waals surface area contributed by atoms with Crippen LogP contribution in [-0.2, 0) is 12.8 Å². The van der Waals surface area contributed by atoms with E-state index in [0.717, 1.165) is 23.4 Å². The SMILES string of the molecule is CCc1oc(-c2ccc(C)cc2)nc1CCO. The fourth-order valence-corrected chi connectivity index (χ4v) is 1.78. The summed E-state index contributed by atoms with van der Waals surface area (Å²) in [6, 6.07) is 8.08. The number of rotatable bonds is 4. The maximum Gasteiger partial charge on any atom is 0.226 e. The molecule has 0 unspecified atom stereocenters. The number of hydrogen-bond donors (Lipinski definition) is 1. The van der Waals surface area contributed by atoms with Crippen molar-refractivity contribution >= 4 is 0 Å². The van der Waals surface area contributed by atoms with Crippen LogP contribution in [0.15, 0.2) is 28.7 Å². The van der Waals surface area contributed by atoms with Gasteiger partial charge in [0.2, 0.25) is 5.89 Å². The zero-order chi connectivity index (χ0) is 12.3. The summed E-state index contributed by atoms with van der Waals surface area (Å²) < 4.78 is 5.72. The van der Waals surface area contributed by atoms with Gasteiger partial charge in [0, 0.05) is 25.0 Å². The number of oxazole rings is 1. The highest BCUT2D eigenvalue weighted by molar-refractivity contribution is 5.54. The van der Waals surface area contributed by atoms with Crippen molar-refractivity contribution in [2.45, 2.75) is 26.7 Å². The lowest BCUT2D eigenvalue weighted by atomic mass is 10.1. The molecule has 0 aliphatic heterocycles. The molecule has 3 nitrogen and oxygen atoms in total. The molecule has 0 amide bonds. The standard InChI is InChI=1S/C14H17NO2/c1-3-13-12(8-9-16)15-14(17-13)11-6-4-10(2)5-7-11/h4-7,16H,3,8-9H2,1-2H3. The molecular formula is C14H17NO2. The van der Waals surface area contributed by atoms with Crippen LogP contribution in [0.5, 0.6) is 0 Å². The smallest absolute Gasteiger partial charge is 0.226 e. The largest absolute Gasteiger partial charge is 0.441 e. The molecule has 17 heavy (non-hydrogen) atoms. The normalized spacial score (nSPS) is 10.8. The van der Waals surface area contributed by atoms with Gasteiger partial charge in [-0.25, -0.2) is 4.98 Å². The second-order valence-electron chi connectivity index (χ2n) is 4.08. The Balaban J connectivity index is 2.35. The van der Waals surface area contributed by atoms with E-state index in [4.69, 9.17) is 9.52 Å². The van der Waals surface area contributed by atoms with Gasteiger partial charge < -0.3 is 9.52 Å². The summed E-state index contributed by atoms with van der Waals surface area (Å²) in [5.41, 5.74) is 3.06. The maximum atomic E-state index is 8.97. The van der Waals surface area contributed by atoms with E-state index in [9.17, 15) is 0 Å². The van der Waals surface area contributed by atoms with E-state index in [-0.39, 0.29) is 6.61 Å². The molecule has 1 heterocycles. The molecule has 2 rings (SSSR count). The van der Waals surface area contributed by atoms with Gasteiger partial charge in [0.05, 0.1) is 5.69 Å². The van der Waals surface area contributed by atoms with Crippen molar-refractivity contribution in [3.05, 3.63) is 41.3 Å². The molecule has 1 aromatic heterocycles. The Morgan fingerprint density at radius 2 is 1.94 bits per heavy atom. The second-order valence-corrected chi connectivity index (χ2v) is 4.08. The monoisotopic (exact) mass is 231 g/mol. The summed E-state index contributed by atoms with van der Waals surface area (Å²) in [4.78, 5) is 4.44. The zero-order valence-corrected chi connectivity index (χ0v) is 10.2. The summed E-state index contributed by atoms with van der Waals surface area (Å²) in [6.45, 7) is 4.18. The minimum absolute atomic E-state index is 0.104. The van der Waals surface area contributed by atoms with Crippen LogP contribution in [0, 0.1) is 6.92 Å². The lowest BCUT2D eigenvalue weighted by molar-refractivity contribution is 0.297. The topological polar surface area (TPSA) is 46.3 Å². The van der Waals surface area contributed by atoms with Gasteiger partial charge in [-0.2, -0.15) is 0 Å². The number of aryl methyl sites for hydroxylation is 2. The maximum absolute atomic E-state index is 8.97. The molecule has 0 aliphatic rings. The third-order valence-corrected chi connectivity index (χ3v) is 2.75. The second kappa shape index (κ2) is 5.15. The van der Waals surface area contributed by atoms with Gasteiger partial charge in [0.1, 0.15) is 5.76 Å². The molecule has 0 atom stereocenters. The van der Waals surface area contributed by atoms with Crippen molar-refractivity contribution in [1.29, 1.82) is 0 Å². The minimum Gasteiger partial charge on any atom is -0.441 e. The Hall–Kier alpha value is -1.61. The highest BCUT2D eigenvalue weighted by Crippen LogP contribution is 2.23. The first-order valence-corrected chi connectivity index (χ1v) is 5.91. The minimum atomic E-state index is 0.104. The molecule has 0 spiro atoms. The first-order chi connectivity index (χ1) is 8.24. The van der Waals surface area contributed by atoms with Crippen LogP contribution in [0.1, 0.15) is 23.9 Å². The highest BCUT2D eigenvalue weighted by atomic mass is 16.4. The van der Waals surface area contributed by atoms with Gasteiger partial charge in [-0.1, -0.05) is 24.6 Å². The average molecular weight is 231 g/mol. The number of aliphatic hydroxyl groups is 1. The van der Waals surface area contributed by atoms with E-state index in [1.54, 1.807) is 0 Å². The fourth-order valence-electron chi connectivity index (χ4n) is 1.78. The van der Waals surface area contributed by atoms with E-state index < -0.39 is 0 Å². The average Bonchev–Trinajstić information content (AvgIpc) is 2.74. The number of nitrogens with zero attached hydrogens (tertiary/aromatic N) is 1. The summed E-state index contributed by atoms with van der Waals surface area (Å²) in [7, 11) is 0. The Morgan fingerprint density at radius 3 is 2.53 bits per heavy atom. The summed E-state index contributed by atoms with van der Waals surface area (Å²) in [5, 5.41) is 8.97. The summed E-state index contributed by atoms with van der Waals surface area (Å²) >= 11 is 0. The van der Waals surface area contributed by atoms with Gasteiger partial charge in [-0.05, 0) is 19.1 Å². The molecule has 0 radical (unpaired) electrons. The molecule has 0 aliphatic carbocycles. The molecule has 0 fully saturated rings. The molecule has 2 aromatic rings. The van der Waals surface area contributed by atoms with Gasteiger partial charge >= 0.3 is 0 Å². The van der Waals surface area contributed by atoms with Gasteiger partial charge in [0.25, 0.3) is 0 Å². The molecule has 0 bridgehead atoms. The van der Waals surface area contributed by atoms with Crippen LogP contribution in [0.25, 0.3) is 11.5 Å². The molecular weight excluding hydrogens is 214 g/mol. The number of aromatic nitrogens is 1. The van der Waals surface area contributed by atoms with Crippen LogP contribution in [0.4, 0.5) is 0 Å². The zero-order valence-electron chi connectivity index (χ0n) is 10.2.